The second-order valence-electron chi connectivity index (χ2n) is 14.0. The molecule has 3 saturated carbocycles. The molecular formula is C33H54O2. The SMILES string of the molecule is C=C(C)[C@H](CC)CC[C@@H](C)[C@H]1CC[C@@]2(C)C3=CC[C@H]4[C@H](C)[C@@H](OC(C)=O)CC[C@]4(C)[C@H]3CC[C@]12C. The van der Waals surface area contributed by atoms with Gasteiger partial charge in [0.2, 0.25) is 0 Å². The standard InChI is InChI=1S/C33H54O2/c1-10-25(21(2)3)12-11-22(4)26-15-19-33(9)29-14-13-27-23(5)30(35-24(6)34)17-18-31(27,7)28(29)16-20-32(26,33)8/h14,22-23,25-28,30H,2,10-13,15-20H2,1,3-9H3/t22-,23+,25-,26-,27+,28+,30+,31+,32-,33+/m1/s1. The number of carbonyl (C=O) groups excluding carboxylic acids is 1. The molecular weight excluding hydrogens is 428 g/mol. The van der Waals surface area contributed by atoms with Crippen molar-refractivity contribution < 1.29 is 9.53 Å². The summed E-state index contributed by atoms with van der Waals surface area (Å²) in [5.41, 5.74) is 4.31. The maximum atomic E-state index is 11.7. The summed E-state index contributed by atoms with van der Waals surface area (Å²) >= 11 is 0. The second kappa shape index (κ2) is 9.68. The summed E-state index contributed by atoms with van der Waals surface area (Å²) in [5.74, 6) is 4.00. The van der Waals surface area contributed by atoms with Crippen molar-refractivity contribution in [1.29, 1.82) is 0 Å². The Balaban J connectivity index is 1.55. The van der Waals surface area contributed by atoms with Crippen LogP contribution in [0.25, 0.3) is 0 Å². The summed E-state index contributed by atoms with van der Waals surface area (Å²) in [6.45, 7) is 23.2. The Morgan fingerprint density at radius 1 is 1.11 bits per heavy atom. The minimum Gasteiger partial charge on any atom is -0.462 e. The van der Waals surface area contributed by atoms with Crippen molar-refractivity contribution in [2.45, 2.75) is 126 Å². The number of carbonyl (C=O) groups is 1. The molecule has 4 aliphatic rings. The number of allylic oxidation sites excluding steroid dienone is 3. The monoisotopic (exact) mass is 482 g/mol. The molecule has 4 aliphatic carbocycles. The molecule has 0 unspecified atom stereocenters. The van der Waals surface area contributed by atoms with Gasteiger partial charge in [-0.25, -0.2) is 0 Å². The second-order valence-corrected chi connectivity index (χ2v) is 14.0. The van der Waals surface area contributed by atoms with Crippen molar-refractivity contribution in [1.82, 2.24) is 0 Å². The Labute approximate surface area is 216 Å². The number of esters is 1. The van der Waals surface area contributed by atoms with Gasteiger partial charge in [0.15, 0.2) is 0 Å². The van der Waals surface area contributed by atoms with Crippen LogP contribution in [0.1, 0.15) is 120 Å². The third-order valence-corrected chi connectivity index (χ3v) is 12.6. The van der Waals surface area contributed by atoms with Gasteiger partial charge in [-0.1, -0.05) is 65.3 Å². The molecule has 0 aliphatic heterocycles. The number of rotatable bonds is 7. The Bertz CT molecular complexity index is 855. The molecule has 0 aromatic rings. The number of hydrogen-bond donors (Lipinski definition) is 0. The molecule has 0 aromatic carbocycles. The van der Waals surface area contributed by atoms with Crippen molar-refractivity contribution in [3.05, 3.63) is 23.8 Å². The van der Waals surface area contributed by atoms with Crippen LogP contribution in [0.5, 0.6) is 0 Å². The van der Waals surface area contributed by atoms with Crippen LogP contribution in [-0.2, 0) is 9.53 Å². The molecule has 0 aromatic heterocycles. The molecule has 35 heavy (non-hydrogen) atoms. The zero-order valence-electron chi connectivity index (χ0n) is 24.2. The molecule has 0 heterocycles. The fraction of sp³-hybridized carbons (Fsp3) is 0.848. The highest BCUT2D eigenvalue weighted by atomic mass is 16.5. The normalized spacial score (nSPS) is 44.3. The van der Waals surface area contributed by atoms with E-state index >= 15 is 0 Å². The fourth-order valence-corrected chi connectivity index (χ4v) is 10.1. The number of fused-ring (bicyclic) bond motifs is 5. The van der Waals surface area contributed by atoms with Crippen LogP contribution >= 0.6 is 0 Å². The van der Waals surface area contributed by atoms with Crippen LogP contribution < -0.4 is 0 Å². The Hall–Kier alpha value is -1.05. The molecule has 2 heteroatoms. The van der Waals surface area contributed by atoms with Gasteiger partial charge in [-0.15, -0.1) is 0 Å². The zero-order valence-corrected chi connectivity index (χ0v) is 24.2. The van der Waals surface area contributed by atoms with Gasteiger partial charge in [0.25, 0.3) is 0 Å². The first-order valence-electron chi connectivity index (χ1n) is 14.9. The predicted molar refractivity (Wildman–Crippen MR) is 147 cm³/mol. The molecule has 0 N–H and O–H groups in total. The van der Waals surface area contributed by atoms with Crippen molar-refractivity contribution in [2.75, 3.05) is 0 Å². The van der Waals surface area contributed by atoms with Crippen LogP contribution in [0.15, 0.2) is 23.8 Å². The highest BCUT2D eigenvalue weighted by molar-refractivity contribution is 5.66. The number of ether oxygens (including phenoxy) is 1. The summed E-state index contributed by atoms with van der Waals surface area (Å²) in [7, 11) is 0. The first-order chi connectivity index (χ1) is 16.4. The quantitative estimate of drug-likeness (QED) is 0.267. The lowest BCUT2D eigenvalue weighted by Crippen LogP contribution is -2.55. The first-order valence-corrected chi connectivity index (χ1v) is 14.9. The molecule has 198 valence electrons. The molecule has 0 radical (unpaired) electrons. The highest BCUT2D eigenvalue weighted by Gasteiger charge is 2.64. The average molecular weight is 483 g/mol. The van der Waals surface area contributed by atoms with Gasteiger partial charge in [-0.05, 0) is 123 Å². The maximum absolute atomic E-state index is 11.7. The summed E-state index contributed by atoms with van der Waals surface area (Å²) < 4.78 is 5.78. The van der Waals surface area contributed by atoms with Crippen LogP contribution in [0, 0.1) is 51.8 Å². The summed E-state index contributed by atoms with van der Waals surface area (Å²) in [5, 5.41) is 0. The lowest BCUT2D eigenvalue weighted by molar-refractivity contribution is -0.159. The third kappa shape index (κ3) is 4.27. The van der Waals surface area contributed by atoms with E-state index in [2.05, 4.69) is 61.1 Å². The van der Waals surface area contributed by atoms with Crippen molar-refractivity contribution in [3.63, 3.8) is 0 Å². The van der Waals surface area contributed by atoms with Crippen molar-refractivity contribution in [2.24, 2.45) is 51.8 Å². The summed E-state index contributed by atoms with van der Waals surface area (Å²) in [6.07, 6.45) is 15.6. The maximum Gasteiger partial charge on any atom is 0.302 e. The van der Waals surface area contributed by atoms with E-state index in [1.54, 1.807) is 6.92 Å². The Morgan fingerprint density at radius 3 is 2.46 bits per heavy atom. The van der Waals surface area contributed by atoms with Crippen LogP contribution in [-0.4, -0.2) is 12.1 Å². The first kappa shape index (κ1) is 27.0. The minimum absolute atomic E-state index is 0.104. The highest BCUT2D eigenvalue weighted by Crippen LogP contribution is 2.72. The van der Waals surface area contributed by atoms with Crippen molar-refractivity contribution >= 4 is 5.97 Å². The van der Waals surface area contributed by atoms with Gasteiger partial charge in [0.1, 0.15) is 6.10 Å². The Kier molecular flexibility index (Phi) is 7.47. The largest absolute Gasteiger partial charge is 0.462 e. The molecule has 0 spiro atoms. The van der Waals surface area contributed by atoms with Crippen LogP contribution in [0.3, 0.4) is 0 Å². The predicted octanol–water partition coefficient (Wildman–Crippen LogP) is 9.15. The fourth-order valence-electron chi connectivity index (χ4n) is 10.1. The molecule has 0 bridgehead atoms. The van der Waals surface area contributed by atoms with Gasteiger partial charge < -0.3 is 4.74 Å². The zero-order chi connectivity index (χ0) is 25.8. The van der Waals surface area contributed by atoms with Gasteiger partial charge in [0, 0.05) is 6.92 Å². The van der Waals surface area contributed by atoms with E-state index in [0.717, 1.165) is 18.3 Å². The molecule has 0 saturated heterocycles. The Morgan fingerprint density at radius 2 is 1.83 bits per heavy atom. The van der Waals surface area contributed by atoms with Crippen LogP contribution in [0.4, 0.5) is 0 Å². The molecule has 3 fully saturated rings. The third-order valence-electron chi connectivity index (χ3n) is 12.6. The average Bonchev–Trinajstić information content (AvgIpc) is 3.07. The molecule has 4 rings (SSSR count). The van der Waals surface area contributed by atoms with E-state index in [1.807, 2.05) is 5.57 Å². The lowest BCUT2D eigenvalue weighted by atomic mass is 9.42. The van der Waals surface area contributed by atoms with E-state index in [0.29, 0.717) is 39.9 Å². The molecule has 2 nitrogen and oxygen atoms in total. The van der Waals surface area contributed by atoms with Gasteiger partial charge in [-0.2, -0.15) is 0 Å². The topological polar surface area (TPSA) is 26.3 Å². The van der Waals surface area contributed by atoms with E-state index < -0.39 is 0 Å². The van der Waals surface area contributed by atoms with E-state index in [1.165, 1.54) is 63.4 Å². The molecule has 0 amide bonds. The smallest absolute Gasteiger partial charge is 0.302 e. The molecule has 10 atom stereocenters. The van der Waals surface area contributed by atoms with Gasteiger partial charge >= 0.3 is 5.97 Å². The van der Waals surface area contributed by atoms with Gasteiger partial charge in [-0.3, -0.25) is 4.79 Å². The summed E-state index contributed by atoms with van der Waals surface area (Å²) in [4.78, 5) is 11.7. The minimum atomic E-state index is -0.113. The summed E-state index contributed by atoms with van der Waals surface area (Å²) in [6, 6.07) is 0. The van der Waals surface area contributed by atoms with E-state index in [4.69, 9.17) is 4.74 Å². The van der Waals surface area contributed by atoms with E-state index in [9.17, 15) is 4.79 Å². The van der Waals surface area contributed by atoms with Gasteiger partial charge in [0.05, 0.1) is 0 Å². The number of hydrogen-bond acceptors (Lipinski definition) is 2. The van der Waals surface area contributed by atoms with E-state index in [-0.39, 0.29) is 12.1 Å². The lowest BCUT2D eigenvalue weighted by Gasteiger charge is -2.62. The van der Waals surface area contributed by atoms with Crippen molar-refractivity contribution in [3.8, 4) is 0 Å². The van der Waals surface area contributed by atoms with Crippen LogP contribution in [0.2, 0.25) is 0 Å².